The molecule has 0 aliphatic carbocycles. The second-order valence-electron chi connectivity index (χ2n) is 5.47. The predicted octanol–water partition coefficient (Wildman–Crippen LogP) is 4.63. The van der Waals surface area contributed by atoms with Gasteiger partial charge in [-0.3, -0.25) is 4.79 Å². The monoisotopic (exact) mass is 358 g/mol. The summed E-state index contributed by atoms with van der Waals surface area (Å²) in [5, 5.41) is 4.34. The van der Waals surface area contributed by atoms with E-state index in [4.69, 9.17) is 0 Å². The molecule has 0 aliphatic heterocycles. The number of hydrogen-bond acceptors (Lipinski definition) is 2. The molecule has 2 aromatic carbocycles. The maximum absolute atomic E-state index is 12.1. The van der Waals surface area contributed by atoms with Crippen LogP contribution in [0.15, 0.2) is 64.2 Å². The number of nitrogens with one attached hydrogen (secondary N) is 1. The molecule has 1 N–H and O–H groups in total. The third-order valence-corrected chi connectivity index (χ3v) is 3.64. The van der Waals surface area contributed by atoms with Crippen LogP contribution in [0.1, 0.15) is 36.2 Å². The zero-order valence-electron chi connectivity index (χ0n) is 12.7. The normalized spacial score (nSPS) is 11.5. The molecule has 0 aliphatic rings. The van der Waals surface area contributed by atoms with Crippen molar-refractivity contribution in [3.05, 3.63) is 70.2 Å². The quantitative estimate of drug-likeness (QED) is 0.614. The molecule has 0 saturated carbocycles. The van der Waals surface area contributed by atoms with E-state index in [0.717, 1.165) is 22.2 Å². The second-order valence-corrected chi connectivity index (χ2v) is 6.39. The van der Waals surface area contributed by atoms with Crippen LogP contribution in [0.25, 0.3) is 0 Å². The first kappa shape index (κ1) is 16.4. The number of carbonyl (C=O) groups is 1. The Balaban J connectivity index is 2.15. The van der Waals surface area contributed by atoms with Crippen molar-refractivity contribution in [2.45, 2.75) is 20.3 Å². The molecule has 2 aromatic rings. The van der Waals surface area contributed by atoms with Crippen molar-refractivity contribution in [3.63, 3.8) is 0 Å². The van der Waals surface area contributed by atoms with Gasteiger partial charge in [0, 0.05) is 10.0 Å². The Bertz CT molecular complexity index is 649. The van der Waals surface area contributed by atoms with Crippen molar-refractivity contribution in [1.29, 1.82) is 0 Å². The van der Waals surface area contributed by atoms with Crippen LogP contribution in [0.3, 0.4) is 0 Å². The lowest BCUT2D eigenvalue weighted by molar-refractivity contribution is 0.0954. The highest BCUT2D eigenvalue weighted by atomic mass is 79.9. The number of amides is 1. The van der Waals surface area contributed by atoms with E-state index in [1.165, 1.54) is 0 Å². The lowest BCUT2D eigenvalue weighted by Crippen LogP contribution is -2.20. The Labute approximate surface area is 139 Å². The first-order valence-corrected chi connectivity index (χ1v) is 8.03. The van der Waals surface area contributed by atoms with Crippen molar-refractivity contribution in [1.82, 2.24) is 5.43 Å². The summed E-state index contributed by atoms with van der Waals surface area (Å²) in [7, 11) is 0. The van der Waals surface area contributed by atoms with Gasteiger partial charge in [0.15, 0.2) is 0 Å². The van der Waals surface area contributed by atoms with Crippen molar-refractivity contribution in [3.8, 4) is 0 Å². The smallest absolute Gasteiger partial charge is 0.267 e. The number of carbonyl (C=O) groups excluding carboxylic acids is 1. The Kier molecular flexibility index (Phi) is 5.90. The third-order valence-electron chi connectivity index (χ3n) is 3.11. The summed E-state index contributed by atoms with van der Waals surface area (Å²) in [6.07, 6.45) is 0.810. The van der Waals surface area contributed by atoms with Gasteiger partial charge in [-0.2, -0.15) is 5.10 Å². The Hall–Kier alpha value is -1.94. The van der Waals surface area contributed by atoms with Gasteiger partial charge >= 0.3 is 0 Å². The predicted molar refractivity (Wildman–Crippen MR) is 94.0 cm³/mol. The fourth-order valence-electron chi connectivity index (χ4n) is 2.03. The Morgan fingerprint density at radius 3 is 2.27 bits per heavy atom. The van der Waals surface area contributed by atoms with E-state index in [9.17, 15) is 4.79 Å². The lowest BCUT2D eigenvalue weighted by atomic mass is 10.0. The number of halogens is 1. The van der Waals surface area contributed by atoms with E-state index in [1.807, 2.05) is 42.5 Å². The lowest BCUT2D eigenvalue weighted by Gasteiger charge is -2.10. The first-order chi connectivity index (χ1) is 10.6. The fraction of sp³-hybridized carbons (Fsp3) is 0.222. The third kappa shape index (κ3) is 4.81. The van der Waals surface area contributed by atoms with Gasteiger partial charge in [-0.25, -0.2) is 5.43 Å². The SMILES string of the molecule is CC(C)C/C(=N/NC(=O)c1ccc(Br)cc1)c1ccccc1. The highest BCUT2D eigenvalue weighted by Crippen LogP contribution is 2.12. The summed E-state index contributed by atoms with van der Waals surface area (Å²) in [5.74, 6) is 0.258. The number of rotatable bonds is 5. The van der Waals surface area contributed by atoms with E-state index >= 15 is 0 Å². The van der Waals surface area contributed by atoms with Crippen molar-refractivity contribution in [2.24, 2.45) is 11.0 Å². The molecule has 0 unspecified atom stereocenters. The Morgan fingerprint density at radius 1 is 1.05 bits per heavy atom. The van der Waals surface area contributed by atoms with Crippen molar-refractivity contribution < 1.29 is 4.79 Å². The van der Waals surface area contributed by atoms with Gasteiger partial charge in [-0.15, -0.1) is 0 Å². The summed E-state index contributed by atoms with van der Waals surface area (Å²) in [4.78, 5) is 12.1. The minimum Gasteiger partial charge on any atom is -0.267 e. The number of benzene rings is 2. The van der Waals surface area contributed by atoms with Crippen LogP contribution in [0.4, 0.5) is 0 Å². The molecule has 114 valence electrons. The highest BCUT2D eigenvalue weighted by molar-refractivity contribution is 9.10. The van der Waals surface area contributed by atoms with Crippen molar-refractivity contribution >= 4 is 27.5 Å². The van der Waals surface area contributed by atoms with Gasteiger partial charge in [0.1, 0.15) is 0 Å². The molecular weight excluding hydrogens is 340 g/mol. The minimum atomic E-state index is -0.204. The van der Waals surface area contributed by atoms with Crippen LogP contribution >= 0.6 is 15.9 Å². The summed E-state index contributed by atoms with van der Waals surface area (Å²) in [5.41, 5.74) is 5.17. The molecule has 3 nitrogen and oxygen atoms in total. The zero-order chi connectivity index (χ0) is 15.9. The average molecular weight is 359 g/mol. The topological polar surface area (TPSA) is 41.5 Å². The van der Waals surface area contributed by atoms with E-state index in [0.29, 0.717) is 11.5 Å². The number of hydrazone groups is 1. The molecule has 0 radical (unpaired) electrons. The number of hydrogen-bond donors (Lipinski definition) is 1. The molecule has 0 fully saturated rings. The second kappa shape index (κ2) is 7.90. The van der Waals surface area contributed by atoms with Gasteiger partial charge in [0.2, 0.25) is 0 Å². The largest absolute Gasteiger partial charge is 0.271 e. The maximum Gasteiger partial charge on any atom is 0.271 e. The molecule has 4 heteroatoms. The maximum atomic E-state index is 12.1. The summed E-state index contributed by atoms with van der Waals surface area (Å²) < 4.78 is 0.942. The van der Waals surface area contributed by atoms with Crippen LogP contribution in [0.2, 0.25) is 0 Å². The first-order valence-electron chi connectivity index (χ1n) is 7.24. The highest BCUT2D eigenvalue weighted by Gasteiger charge is 2.08. The minimum absolute atomic E-state index is 0.204. The average Bonchev–Trinajstić information content (AvgIpc) is 2.52. The Morgan fingerprint density at radius 2 is 1.68 bits per heavy atom. The zero-order valence-corrected chi connectivity index (χ0v) is 14.3. The van der Waals surface area contributed by atoms with Crippen LogP contribution in [-0.4, -0.2) is 11.6 Å². The summed E-state index contributed by atoms with van der Waals surface area (Å²) >= 11 is 3.36. The van der Waals surface area contributed by atoms with Gasteiger partial charge in [0.25, 0.3) is 5.91 Å². The molecule has 0 atom stereocenters. The standard InChI is InChI=1S/C18H19BrN2O/c1-13(2)12-17(14-6-4-3-5-7-14)20-21-18(22)15-8-10-16(19)11-9-15/h3-11,13H,12H2,1-2H3,(H,21,22)/b20-17-. The van der Waals surface area contributed by atoms with Gasteiger partial charge in [-0.1, -0.05) is 60.1 Å². The molecule has 0 heterocycles. The van der Waals surface area contributed by atoms with E-state index < -0.39 is 0 Å². The molecule has 1 amide bonds. The van der Waals surface area contributed by atoms with E-state index in [2.05, 4.69) is 40.3 Å². The molecular formula is C18H19BrN2O. The van der Waals surface area contributed by atoms with Crippen LogP contribution in [-0.2, 0) is 0 Å². The molecule has 0 bridgehead atoms. The summed E-state index contributed by atoms with van der Waals surface area (Å²) in [6, 6.07) is 17.1. The fourth-order valence-corrected chi connectivity index (χ4v) is 2.29. The van der Waals surface area contributed by atoms with Crippen molar-refractivity contribution in [2.75, 3.05) is 0 Å². The molecule has 22 heavy (non-hydrogen) atoms. The molecule has 0 saturated heterocycles. The van der Waals surface area contributed by atoms with Crippen LogP contribution < -0.4 is 5.43 Å². The van der Waals surface area contributed by atoms with E-state index in [1.54, 1.807) is 12.1 Å². The van der Waals surface area contributed by atoms with Crippen LogP contribution in [0.5, 0.6) is 0 Å². The van der Waals surface area contributed by atoms with E-state index in [-0.39, 0.29) is 5.91 Å². The summed E-state index contributed by atoms with van der Waals surface area (Å²) in [6.45, 7) is 4.27. The van der Waals surface area contributed by atoms with Gasteiger partial charge in [0.05, 0.1) is 5.71 Å². The number of nitrogens with zero attached hydrogens (tertiary/aromatic N) is 1. The molecule has 2 rings (SSSR count). The van der Waals surface area contributed by atoms with Gasteiger partial charge < -0.3 is 0 Å². The van der Waals surface area contributed by atoms with Gasteiger partial charge in [-0.05, 0) is 42.2 Å². The van der Waals surface area contributed by atoms with Crippen LogP contribution in [0, 0.1) is 5.92 Å². The molecule has 0 spiro atoms. The molecule has 0 aromatic heterocycles.